The molecule has 0 aliphatic carbocycles. The van der Waals surface area contributed by atoms with Gasteiger partial charge in [-0.15, -0.1) is 11.3 Å². The minimum Gasteiger partial charge on any atom is -0.346 e. The molecule has 90 valence electrons. The van der Waals surface area contributed by atoms with Crippen LogP contribution in [0.2, 0.25) is 0 Å². The third-order valence-corrected chi connectivity index (χ3v) is 3.46. The number of nitrogens with one attached hydrogen (secondary N) is 2. The third kappa shape index (κ3) is 2.94. The van der Waals surface area contributed by atoms with Crippen LogP contribution in [-0.2, 0) is 13.0 Å². The largest absolute Gasteiger partial charge is 0.346 e. The molecule has 2 aromatic rings. The molecule has 5 heteroatoms. The zero-order valence-electron chi connectivity index (χ0n) is 9.91. The number of aromatic nitrogens is 2. The maximum atomic E-state index is 11.8. The van der Waals surface area contributed by atoms with Crippen LogP contribution in [-0.4, -0.2) is 16.1 Å². The van der Waals surface area contributed by atoms with E-state index in [0.29, 0.717) is 12.2 Å². The van der Waals surface area contributed by atoms with Crippen LogP contribution in [0.5, 0.6) is 0 Å². The molecule has 0 saturated heterocycles. The van der Waals surface area contributed by atoms with Crippen LogP contribution in [0.3, 0.4) is 0 Å². The summed E-state index contributed by atoms with van der Waals surface area (Å²) < 4.78 is 0. The zero-order valence-corrected chi connectivity index (χ0v) is 10.7. The Kier molecular flexibility index (Phi) is 3.58. The molecule has 2 aromatic heterocycles. The topological polar surface area (TPSA) is 57.8 Å². The summed E-state index contributed by atoms with van der Waals surface area (Å²) in [5.74, 6) is -0.132. The summed E-state index contributed by atoms with van der Waals surface area (Å²) in [6, 6.07) is 5.87. The van der Waals surface area contributed by atoms with Gasteiger partial charge in [-0.2, -0.15) is 5.10 Å². The maximum absolute atomic E-state index is 11.8. The van der Waals surface area contributed by atoms with Crippen molar-refractivity contribution in [3.05, 3.63) is 39.3 Å². The predicted molar refractivity (Wildman–Crippen MR) is 68.2 cm³/mol. The van der Waals surface area contributed by atoms with Gasteiger partial charge in [0.1, 0.15) is 5.69 Å². The molecule has 4 nitrogen and oxygen atoms in total. The van der Waals surface area contributed by atoms with E-state index in [4.69, 9.17) is 0 Å². The van der Waals surface area contributed by atoms with Gasteiger partial charge in [-0.05, 0) is 31.5 Å². The van der Waals surface area contributed by atoms with Crippen LogP contribution < -0.4 is 5.32 Å². The van der Waals surface area contributed by atoms with E-state index in [9.17, 15) is 4.79 Å². The van der Waals surface area contributed by atoms with Gasteiger partial charge >= 0.3 is 0 Å². The first-order valence-electron chi connectivity index (χ1n) is 5.57. The Hall–Kier alpha value is -1.62. The Morgan fingerprint density at radius 1 is 1.53 bits per heavy atom. The molecular formula is C12H15N3OS. The molecule has 0 aliphatic rings. The lowest BCUT2D eigenvalue weighted by molar-refractivity contribution is 0.0946. The summed E-state index contributed by atoms with van der Waals surface area (Å²) in [6.07, 6.45) is 0.852. The normalized spacial score (nSPS) is 10.5. The van der Waals surface area contributed by atoms with Crippen molar-refractivity contribution in [2.45, 2.75) is 26.8 Å². The van der Waals surface area contributed by atoms with Crippen molar-refractivity contribution in [3.8, 4) is 0 Å². The van der Waals surface area contributed by atoms with Crippen molar-refractivity contribution >= 4 is 17.2 Å². The van der Waals surface area contributed by atoms with Gasteiger partial charge in [0, 0.05) is 15.4 Å². The first kappa shape index (κ1) is 11.9. The van der Waals surface area contributed by atoms with E-state index in [-0.39, 0.29) is 5.91 Å². The second-order valence-corrected chi connectivity index (χ2v) is 5.20. The van der Waals surface area contributed by atoms with Crippen LogP contribution >= 0.6 is 11.3 Å². The number of hydrogen-bond acceptors (Lipinski definition) is 3. The number of aromatic amines is 1. The van der Waals surface area contributed by atoms with Gasteiger partial charge in [0.2, 0.25) is 0 Å². The average Bonchev–Trinajstić information content (AvgIpc) is 2.94. The van der Waals surface area contributed by atoms with E-state index in [1.54, 1.807) is 17.4 Å². The van der Waals surface area contributed by atoms with Crippen LogP contribution in [0.15, 0.2) is 18.2 Å². The molecule has 0 bridgehead atoms. The summed E-state index contributed by atoms with van der Waals surface area (Å²) in [7, 11) is 0. The van der Waals surface area contributed by atoms with Crippen molar-refractivity contribution in [1.29, 1.82) is 0 Å². The lowest BCUT2D eigenvalue weighted by Crippen LogP contribution is -2.22. The SMILES string of the molecule is CCc1cc(C(=O)NCc2ccc(C)s2)n[nH]1. The summed E-state index contributed by atoms with van der Waals surface area (Å²) in [5.41, 5.74) is 1.43. The van der Waals surface area contributed by atoms with Gasteiger partial charge in [0.15, 0.2) is 0 Å². The molecule has 1 amide bonds. The summed E-state index contributed by atoms with van der Waals surface area (Å²) in [6.45, 7) is 4.63. The number of thiophene rings is 1. The molecule has 0 spiro atoms. The first-order valence-corrected chi connectivity index (χ1v) is 6.38. The number of H-pyrrole nitrogens is 1. The molecule has 0 fully saturated rings. The van der Waals surface area contributed by atoms with Gasteiger partial charge in [0.05, 0.1) is 6.54 Å². The molecule has 2 rings (SSSR count). The fourth-order valence-corrected chi connectivity index (χ4v) is 2.33. The van der Waals surface area contributed by atoms with Crippen molar-refractivity contribution in [2.24, 2.45) is 0 Å². The van der Waals surface area contributed by atoms with Gasteiger partial charge in [-0.1, -0.05) is 6.92 Å². The molecule has 0 aromatic carbocycles. The molecule has 2 heterocycles. The summed E-state index contributed by atoms with van der Waals surface area (Å²) >= 11 is 1.69. The van der Waals surface area contributed by atoms with E-state index in [1.807, 2.05) is 13.0 Å². The highest BCUT2D eigenvalue weighted by Crippen LogP contribution is 2.14. The van der Waals surface area contributed by atoms with Gasteiger partial charge < -0.3 is 5.32 Å². The molecule has 0 saturated carbocycles. The summed E-state index contributed by atoms with van der Waals surface area (Å²) in [4.78, 5) is 14.2. The number of nitrogens with zero attached hydrogens (tertiary/aromatic N) is 1. The number of carbonyl (C=O) groups is 1. The van der Waals surface area contributed by atoms with E-state index < -0.39 is 0 Å². The Labute approximate surface area is 104 Å². The van der Waals surface area contributed by atoms with Gasteiger partial charge in [0.25, 0.3) is 5.91 Å². The fourth-order valence-electron chi connectivity index (χ4n) is 1.50. The lowest BCUT2D eigenvalue weighted by atomic mass is 10.3. The van der Waals surface area contributed by atoms with Crippen molar-refractivity contribution in [3.63, 3.8) is 0 Å². The van der Waals surface area contributed by atoms with Crippen LogP contribution in [0.1, 0.15) is 32.9 Å². The Morgan fingerprint density at radius 3 is 2.94 bits per heavy atom. The number of carbonyl (C=O) groups excluding carboxylic acids is 1. The molecule has 0 unspecified atom stereocenters. The highest BCUT2D eigenvalue weighted by Gasteiger charge is 2.09. The van der Waals surface area contributed by atoms with Crippen LogP contribution in [0.4, 0.5) is 0 Å². The number of rotatable bonds is 4. The molecule has 2 N–H and O–H groups in total. The summed E-state index contributed by atoms with van der Waals surface area (Å²) in [5, 5.41) is 9.66. The third-order valence-electron chi connectivity index (χ3n) is 2.46. The van der Waals surface area contributed by atoms with E-state index in [1.165, 1.54) is 4.88 Å². The molecule has 17 heavy (non-hydrogen) atoms. The molecular weight excluding hydrogens is 234 g/mol. The number of amides is 1. The minimum absolute atomic E-state index is 0.132. The number of hydrogen-bond donors (Lipinski definition) is 2. The van der Waals surface area contributed by atoms with Crippen LogP contribution in [0, 0.1) is 6.92 Å². The van der Waals surface area contributed by atoms with Gasteiger partial charge in [-0.25, -0.2) is 0 Å². The minimum atomic E-state index is -0.132. The second-order valence-electron chi connectivity index (χ2n) is 3.83. The second kappa shape index (κ2) is 5.14. The Bertz CT molecular complexity index is 515. The molecule has 0 atom stereocenters. The highest BCUT2D eigenvalue weighted by molar-refractivity contribution is 7.11. The van der Waals surface area contributed by atoms with Gasteiger partial charge in [-0.3, -0.25) is 9.89 Å². The Morgan fingerprint density at radius 2 is 2.35 bits per heavy atom. The van der Waals surface area contributed by atoms with E-state index in [0.717, 1.165) is 17.0 Å². The fraction of sp³-hybridized carbons (Fsp3) is 0.333. The van der Waals surface area contributed by atoms with Crippen molar-refractivity contribution in [1.82, 2.24) is 15.5 Å². The highest BCUT2D eigenvalue weighted by atomic mass is 32.1. The first-order chi connectivity index (χ1) is 8.19. The van der Waals surface area contributed by atoms with Crippen molar-refractivity contribution in [2.75, 3.05) is 0 Å². The van der Waals surface area contributed by atoms with Crippen LogP contribution in [0.25, 0.3) is 0 Å². The maximum Gasteiger partial charge on any atom is 0.272 e. The van der Waals surface area contributed by atoms with E-state index >= 15 is 0 Å². The zero-order chi connectivity index (χ0) is 12.3. The van der Waals surface area contributed by atoms with Crippen molar-refractivity contribution < 1.29 is 4.79 Å². The molecule has 0 aliphatic heterocycles. The monoisotopic (exact) mass is 249 g/mol. The average molecular weight is 249 g/mol. The Balaban J connectivity index is 1.93. The molecule has 0 radical (unpaired) electrons. The lowest BCUT2D eigenvalue weighted by Gasteiger charge is -1.99. The smallest absolute Gasteiger partial charge is 0.272 e. The quantitative estimate of drug-likeness (QED) is 0.873. The predicted octanol–water partition coefficient (Wildman–Crippen LogP) is 2.27. The standard InChI is InChI=1S/C12H15N3OS/c1-3-9-6-11(15-14-9)12(16)13-7-10-5-4-8(2)17-10/h4-6H,3,7H2,1-2H3,(H,13,16)(H,14,15). The number of aryl methyl sites for hydroxylation is 2. The van der Waals surface area contributed by atoms with E-state index in [2.05, 4.69) is 28.5 Å².